The molecule has 0 aromatic heterocycles. The maximum absolute atomic E-state index is 9.60. The van der Waals surface area contributed by atoms with Gasteiger partial charge in [0.25, 0.3) is 0 Å². The summed E-state index contributed by atoms with van der Waals surface area (Å²) in [5.74, 6) is -0.935. The summed E-state index contributed by atoms with van der Waals surface area (Å²) < 4.78 is 5.35. The number of hydrogen-bond donors (Lipinski definition) is 2. The summed E-state index contributed by atoms with van der Waals surface area (Å²) in [5.41, 5.74) is 3.71. The number of para-hydroxylation sites is 1. The van der Waals surface area contributed by atoms with Gasteiger partial charge in [-0.15, -0.1) is 0 Å². The zero-order chi connectivity index (χ0) is 17.8. The van der Waals surface area contributed by atoms with E-state index in [1.165, 1.54) is 12.5 Å². The molecule has 2 N–H and O–H groups in total. The molecule has 0 atom stereocenters. The lowest BCUT2D eigenvalue weighted by molar-refractivity contribution is -0.132. The third-order valence-corrected chi connectivity index (χ3v) is 3.12. The first kappa shape index (κ1) is 19.5. The topological polar surface area (TPSA) is 58.6 Å². The van der Waals surface area contributed by atoms with Gasteiger partial charge in [0.1, 0.15) is 0 Å². The van der Waals surface area contributed by atoms with Crippen LogP contribution in [0.3, 0.4) is 0 Å². The number of carboxylic acid groups (broad SMARTS) is 1. The highest BCUT2D eigenvalue weighted by Gasteiger charge is 1.96. The Labute approximate surface area is 143 Å². The molecule has 0 radical (unpaired) electrons. The molecule has 0 aliphatic rings. The second-order valence-electron chi connectivity index (χ2n) is 5.22. The van der Waals surface area contributed by atoms with Crippen LogP contribution in [0.15, 0.2) is 66.7 Å². The highest BCUT2D eigenvalue weighted by atomic mass is 16.5. The Morgan fingerprint density at radius 1 is 1.08 bits per heavy atom. The number of carbonyl (C=O) groups is 1. The molecular weight excluding hydrogens is 302 g/mol. The number of carboxylic acids is 1. The summed E-state index contributed by atoms with van der Waals surface area (Å²) in [6, 6.07) is 18.7. The number of rotatable bonds is 7. The molecule has 0 saturated heterocycles. The molecule has 24 heavy (non-hydrogen) atoms. The summed E-state index contributed by atoms with van der Waals surface area (Å²) in [6.07, 6.45) is 0.972. The third-order valence-electron chi connectivity index (χ3n) is 3.12. The smallest absolute Gasteiger partial charge is 0.330 e. The molecule has 0 spiro atoms. The van der Waals surface area contributed by atoms with E-state index in [0.29, 0.717) is 0 Å². The van der Waals surface area contributed by atoms with Crippen LogP contribution in [0.25, 0.3) is 0 Å². The SMILES string of the molecule is C=C(C)C(=O)O.CCOCCc1ccc(Nc2ccccc2)cc1. The van der Waals surface area contributed by atoms with Crippen molar-refractivity contribution in [1.29, 1.82) is 0 Å². The summed E-state index contributed by atoms with van der Waals surface area (Å²) in [7, 11) is 0. The lowest BCUT2D eigenvalue weighted by Gasteiger charge is -2.07. The fourth-order valence-corrected chi connectivity index (χ4v) is 1.78. The molecule has 0 bridgehead atoms. The van der Waals surface area contributed by atoms with Crippen molar-refractivity contribution in [3.05, 3.63) is 72.3 Å². The second-order valence-corrected chi connectivity index (χ2v) is 5.22. The molecule has 128 valence electrons. The fourth-order valence-electron chi connectivity index (χ4n) is 1.78. The lowest BCUT2D eigenvalue weighted by Crippen LogP contribution is -1.98. The summed E-state index contributed by atoms with van der Waals surface area (Å²) >= 11 is 0. The molecule has 4 nitrogen and oxygen atoms in total. The minimum atomic E-state index is -0.935. The molecule has 0 fully saturated rings. The van der Waals surface area contributed by atoms with Crippen LogP contribution in [-0.4, -0.2) is 24.3 Å². The van der Waals surface area contributed by atoms with Crippen LogP contribution in [-0.2, 0) is 16.0 Å². The van der Waals surface area contributed by atoms with Crippen molar-refractivity contribution in [3.63, 3.8) is 0 Å². The van der Waals surface area contributed by atoms with Crippen molar-refractivity contribution in [3.8, 4) is 0 Å². The van der Waals surface area contributed by atoms with Gasteiger partial charge in [-0.25, -0.2) is 4.79 Å². The van der Waals surface area contributed by atoms with Gasteiger partial charge in [-0.1, -0.05) is 36.9 Å². The van der Waals surface area contributed by atoms with Crippen LogP contribution >= 0.6 is 0 Å². The summed E-state index contributed by atoms with van der Waals surface area (Å²) in [5, 5.41) is 11.3. The van der Waals surface area contributed by atoms with Gasteiger partial charge in [0.2, 0.25) is 0 Å². The summed E-state index contributed by atoms with van der Waals surface area (Å²) in [6.45, 7) is 8.20. The van der Waals surface area contributed by atoms with Crippen molar-refractivity contribution in [1.82, 2.24) is 0 Å². The number of hydrogen-bond acceptors (Lipinski definition) is 3. The number of anilines is 2. The predicted molar refractivity (Wildman–Crippen MR) is 98.8 cm³/mol. The normalized spacial score (nSPS) is 9.58. The van der Waals surface area contributed by atoms with Crippen LogP contribution in [0.1, 0.15) is 19.4 Å². The Morgan fingerprint density at radius 3 is 2.12 bits per heavy atom. The van der Waals surface area contributed by atoms with Crippen molar-refractivity contribution in [2.24, 2.45) is 0 Å². The molecule has 0 unspecified atom stereocenters. The quantitative estimate of drug-likeness (QED) is 0.574. The average Bonchev–Trinajstić information content (AvgIpc) is 2.58. The lowest BCUT2D eigenvalue weighted by atomic mass is 10.1. The van der Waals surface area contributed by atoms with E-state index >= 15 is 0 Å². The van der Waals surface area contributed by atoms with Crippen molar-refractivity contribution in [2.45, 2.75) is 20.3 Å². The largest absolute Gasteiger partial charge is 0.478 e. The standard InChI is InChI=1S/C16H19NO.C4H6O2/c1-2-18-13-12-14-8-10-16(11-9-14)17-15-6-4-3-5-7-15;1-3(2)4(5)6/h3-11,17H,2,12-13H2,1H3;1H2,2H3,(H,5,6). The van der Waals surface area contributed by atoms with E-state index in [9.17, 15) is 4.79 Å². The molecule has 0 amide bonds. The third kappa shape index (κ3) is 8.15. The van der Waals surface area contributed by atoms with Gasteiger partial charge in [0, 0.05) is 23.6 Å². The van der Waals surface area contributed by atoms with Crippen LogP contribution in [0, 0.1) is 0 Å². The monoisotopic (exact) mass is 327 g/mol. The van der Waals surface area contributed by atoms with Crippen molar-refractivity contribution in [2.75, 3.05) is 18.5 Å². The number of nitrogens with one attached hydrogen (secondary N) is 1. The van der Waals surface area contributed by atoms with Crippen LogP contribution < -0.4 is 5.32 Å². The highest BCUT2D eigenvalue weighted by molar-refractivity contribution is 5.84. The highest BCUT2D eigenvalue weighted by Crippen LogP contribution is 2.16. The molecular formula is C20H25NO3. The van der Waals surface area contributed by atoms with E-state index in [1.54, 1.807) is 0 Å². The van der Waals surface area contributed by atoms with E-state index in [0.717, 1.165) is 31.0 Å². The maximum Gasteiger partial charge on any atom is 0.330 e. The Morgan fingerprint density at radius 2 is 1.62 bits per heavy atom. The van der Waals surface area contributed by atoms with Crippen LogP contribution in [0.4, 0.5) is 11.4 Å². The van der Waals surface area contributed by atoms with Gasteiger partial charge in [0.05, 0.1) is 6.61 Å². The zero-order valence-electron chi connectivity index (χ0n) is 14.3. The minimum absolute atomic E-state index is 0.176. The molecule has 0 heterocycles. The van der Waals surface area contributed by atoms with Gasteiger partial charge in [-0.05, 0) is 50.1 Å². The molecule has 2 rings (SSSR count). The van der Waals surface area contributed by atoms with Crippen LogP contribution in [0.5, 0.6) is 0 Å². The van der Waals surface area contributed by atoms with Crippen molar-refractivity contribution >= 4 is 17.3 Å². The van der Waals surface area contributed by atoms with Gasteiger partial charge in [0.15, 0.2) is 0 Å². The number of aliphatic carboxylic acids is 1. The Bertz CT molecular complexity index is 609. The van der Waals surface area contributed by atoms with E-state index in [2.05, 4.69) is 48.3 Å². The van der Waals surface area contributed by atoms with E-state index in [1.807, 2.05) is 25.1 Å². The Hall–Kier alpha value is -2.59. The first-order chi connectivity index (χ1) is 11.5. The second kappa shape index (κ2) is 11.0. The minimum Gasteiger partial charge on any atom is -0.478 e. The Balaban J connectivity index is 0.000000413. The zero-order valence-corrected chi connectivity index (χ0v) is 14.3. The van der Waals surface area contributed by atoms with E-state index < -0.39 is 5.97 Å². The molecule has 0 aliphatic heterocycles. The van der Waals surface area contributed by atoms with Gasteiger partial charge < -0.3 is 15.2 Å². The first-order valence-corrected chi connectivity index (χ1v) is 7.90. The number of benzene rings is 2. The van der Waals surface area contributed by atoms with Crippen molar-refractivity contribution < 1.29 is 14.6 Å². The molecule has 4 heteroatoms. The molecule has 0 aliphatic carbocycles. The average molecular weight is 327 g/mol. The molecule has 0 saturated carbocycles. The number of ether oxygens (including phenoxy) is 1. The fraction of sp³-hybridized carbons (Fsp3) is 0.250. The maximum atomic E-state index is 9.60. The van der Waals surface area contributed by atoms with Gasteiger partial charge >= 0.3 is 5.97 Å². The van der Waals surface area contributed by atoms with Gasteiger partial charge in [-0.3, -0.25) is 0 Å². The van der Waals surface area contributed by atoms with E-state index in [-0.39, 0.29) is 5.57 Å². The van der Waals surface area contributed by atoms with E-state index in [4.69, 9.17) is 9.84 Å². The van der Waals surface area contributed by atoms with Crippen LogP contribution in [0.2, 0.25) is 0 Å². The summed E-state index contributed by atoms with van der Waals surface area (Å²) in [4.78, 5) is 9.60. The molecule has 2 aromatic rings. The Kier molecular flexibility index (Phi) is 8.94. The molecule has 2 aromatic carbocycles. The predicted octanol–water partition coefficient (Wildman–Crippen LogP) is 4.66. The van der Waals surface area contributed by atoms with Gasteiger partial charge in [-0.2, -0.15) is 0 Å². The first-order valence-electron chi connectivity index (χ1n) is 7.90.